The van der Waals surface area contributed by atoms with Gasteiger partial charge in [-0.15, -0.1) is 0 Å². The first kappa shape index (κ1) is 24.3. The van der Waals surface area contributed by atoms with Gasteiger partial charge in [0.05, 0.1) is 25.4 Å². The lowest BCUT2D eigenvalue weighted by atomic mass is 9.92. The predicted octanol–water partition coefficient (Wildman–Crippen LogP) is 4.67. The number of carbonyl (C=O) groups excluding carboxylic acids is 1. The van der Waals surface area contributed by atoms with Crippen molar-refractivity contribution in [2.75, 3.05) is 12.4 Å². The van der Waals surface area contributed by atoms with Crippen LogP contribution in [0.15, 0.2) is 36.7 Å². The highest BCUT2D eigenvalue weighted by molar-refractivity contribution is 7.21. The zero-order valence-corrected chi connectivity index (χ0v) is 21.2. The third-order valence-electron chi connectivity index (χ3n) is 6.00. The SMILES string of the molecule is COc1cnc(C)cc1-c1cc(C(C)C(=O)O)ccc1C(=O)Nc1nc2ncc(C#CC3CC3)nc2s1. The number of carbonyl (C=O) groups is 2. The number of thiazole rings is 1. The van der Waals surface area contributed by atoms with Crippen molar-refractivity contribution in [3.8, 4) is 28.7 Å². The Labute approximate surface area is 217 Å². The van der Waals surface area contributed by atoms with Crippen molar-refractivity contribution in [3.63, 3.8) is 0 Å². The Hall–Kier alpha value is -4.36. The van der Waals surface area contributed by atoms with Crippen LogP contribution in [0.5, 0.6) is 5.75 Å². The molecule has 1 fully saturated rings. The van der Waals surface area contributed by atoms with E-state index in [1.165, 1.54) is 18.4 Å². The Bertz CT molecular complexity index is 1600. The van der Waals surface area contributed by atoms with Gasteiger partial charge in [-0.25, -0.2) is 9.97 Å². The molecule has 1 amide bonds. The number of rotatable bonds is 6. The number of nitrogens with zero attached hydrogens (tertiary/aromatic N) is 4. The quantitative estimate of drug-likeness (QED) is 0.356. The van der Waals surface area contributed by atoms with Crippen molar-refractivity contribution in [2.24, 2.45) is 5.92 Å². The Morgan fingerprint density at radius 1 is 1.16 bits per heavy atom. The van der Waals surface area contributed by atoms with Gasteiger partial charge in [0.2, 0.25) is 0 Å². The van der Waals surface area contributed by atoms with Crippen LogP contribution in [0.25, 0.3) is 21.6 Å². The second kappa shape index (κ2) is 9.95. The number of methoxy groups -OCH3 is 1. The summed E-state index contributed by atoms with van der Waals surface area (Å²) in [6.45, 7) is 3.43. The van der Waals surface area contributed by atoms with Gasteiger partial charge in [-0.05, 0) is 61.9 Å². The highest BCUT2D eigenvalue weighted by Crippen LogP contribution is 2.35. The van der Waals surface area contributed by atoms with Gasteiger partial charge in [-0.1, -0.05) is 23.3 Å². The van der Waals surface area contributed by atoms with Gasteiger partial charge in [0.25, 0.3) is 5.91 Å². The second-order valence-corrected chi connectivity index (χ2v) is 9.77. The summed E-state index contributed by atoms with van der Waals surface area (Å²) >= 11 is 1.21. The molecule has 1 saturated carbocycles. The van der Waals surface area contributed by atoms with Gasteiger partial charge < -0.3 is 9.84 Å². The molecule has 0 bridgehead atoms. The van der Waals surface area contributed by atoms with Gasteiger partial charge in [-0.2, -0.15) is 4.98 Å². The standard InChI is InChI=1S/C27H23N5O4S/c1-14-10-21(22(36-3)13-28-14)20-11-17(15(2)26(34)35)7-9-19(20)24(33)32-27-31-23-25(37-27)30-18(12-29-23)8-6-16-4-5-16/h7,9-13,15-16H,4-5H2,1-3H3,(H,34,35)(H,29,31,32,33). The van der Waals surface area contributed by atoms with Crippen LogP contribution in [0.2, 0.25) is 0 Å². The minimum absolute atomic E-state index is 0.335. The lowest BCUT2D eigenvalue weighted by Gasteiger charge is -2.16. The molecule has 0 aliphatic heterocycles. The van der Waals surface area contributed by atoms with Crippen LogP contribution in [0.3, 0.4) is 0 Å². The molecule has 5 rings (SSSR count). The van der Waals surface area contributed by atoms with Crippen molar-refractivity contribution in [2.45, 2.75) is 32.6 Å². The number of carboxylic acid groups (broad SMARTS) is 1. The average molecular weight is 514 g/mol. The summed E-state index contributed by atoms with van der Waals surface area (Å²) in [7, 11) is 1.52. The molecule has 4 aromatic rings. The molecular formula is C27H23N5O4S. The molecule has 1 aliphatic carbocycles. The molecule has 1 atom stereocenters. The predicted molar refractivity (Wildman–Crippen MR) is 140 cm³/mol. The van der Waals surface area contributed by atoms with E-state index in [9.17, 15) is 14.7 Å². The number of fused-ring (bicyclic) bond motifs is 1. The van der Waals surface area contributed by atoms with Crippen LogP contribution >= 0.6 is 11.3 Å². The lowest BCUT2D eigenvalue weighted by molar-refractivity contribution is -0.138. The molecule has 0 saturated heterocycles. The monoisotopic (exact) mass is 513 g/mol. The molecule has 0 spiro atoms. The zero-order valence-electron chi connectivity index (χ0n) is 20.4. The van der Waals surface area contributed by atoms with E-state index in [1.54, 1.807) is 43.6 Å². The highest BCUT2D eigenvalue weighted by Gasteiger charge is 2.22. The van der Waals surface area contributed by atoms with Crippen molar-refractivity contribution < 1.29 is 19.4 Å². The first-order chi connectivity index (χ1) is 17.8. The van der Waals surface area contributed by atoms with Crippen LogP contribution in [0, 0.1) is 24.7 Å². The molecule has 0 radical (unpaired) electrons. The fraction of sp³-hybridized carbons (Fsp3) is 0.259. The van der Waals surface area contributed by atoms with Gasteiger partial charge in [-0.3, -0.25) is 19.9 Å². The Morgan fingerprint density at radius 2 is 1.97 bits per heavy atom. The van der Waals surface area contributed by atoms with Crippen molar-refractivity contribution in [1.29, 1.82) is 0 Å². The Balaban J connectivity index is 1.51. The molecule has 3 heterocycles. The summed E-state index contributed by atoms with van der Waals surface area (Å²) in [6, 6.07) is 6.77. The van der Waals surface area contributed by atoms with Crippen molar-refractivity contribution in [1.82, 2.24) is 19.9 Å². The van der Waals surface area contributed by atoms with Crippen LogP contribution in [-0.4, -0.2) is 44.0 Å². The molecular weight excluding hydrogens is 490 g/mol. The number of ether oxygens (including phenoxy) is 1. The number of nitrogens with one attached hydrogen (secondary N) is 1. The average Bonchev–Trinajstić information content (AvgIpc) is 3.64. The van der Waals surface area contributed by atoms with Crippen LogP contribution in [0.1, 0.15) is 53.0 Å². The highest BCUT2D eigenvalue weighted by atomic mass is 32.1. The maximum absolute atomic E-state index is 13.5. The Morgan fingerprint density at radius 3 is 2.70 bits per heavy atom. The normalized spacial score (nSPS) is 13.5. The van der Waals surface area contributed by atoms with Crippen LogP contribution in [0.4, 0.5) is 5.13 Å². The summed E-state index contributed by atoms with van der Waals surface area (Å²) in [5, 5.41) is 12.7. The van der Waals surface area contributed by atoms with E-state index in [0.717, 1.165) is 18.5 Å². The first-order valence-electron chi connectivity index (χ1n) is 11.7. The van der Waals surface area contributed by atoms with E-state index in [0.29, 0.717) is 55.2 Å². The molecule has 3 aromatic heterocycles. The summed E-state index contributed by atoms with van der Waals surface area (Å²) < 4.78 is 5.50. The molecule has 1 unspecified atom stereocenters. The topological polar surface area (TPSA) is 127 Å². The Kier molecular flexibility index (Phi) is 6.54. The van der Waals surface area contributed by atoms with E-state index in [2.05, 4.69) is 37.1 Å². The number of hydrogen-bond donors (Lipinski definition) is 2. The summed E-state index contributed by atoms with van der Waals surface area (Å²) in [5.41, 5.74) is 3.78. The number of aliphatic carboxylic acids is 1. The van der Waals surface area contributed by atoms with Gasteiger partial charge in [0.1, 0.15) is 11.4 Å². The molecule has 1 aromatic carbocycles. The minimum Gasteiger partial charge on any atom is -0.494 e. The maximum Gasteiger partial charge on any atom is 0.310 e. The zero-order chi connectivity index (χ0) is 26.1. The number of aryl methyl sites for hydroxylation is 1. The summed E-state index contributed by atoms with van der Waals surface area (Å²) in [6.07, 6.45) is 5.42. The number of hydrogen-bond acceptors (Lipinski definition) is 8. The molecule has 2 N–H and O–H groups in total. The minimum atomic E-state index is -0.961. The smallest absolute Gasteiger partial charge is 0.310 e. The molecule has 10 heteroatoms. The third kappa shape index (κ3) is 5.27. The number of anilines is 1. The largest absolute Gasteiger partial charge is 0.494 e. The molecule has 1 aliphatic rings. The van der Waals surface area contributed by atoms with E-state index in [-0.39, 0.29) is 0 Å². The number of aromatic nitrogens is 4. The maximum atomic E-state index is 13.5. The lowest BCUT2D eigenvalue weighted by Crippen LogP contribution is -2.14. The molecule has 186 valence electrons. The van der Waals surface area contributed by atoms with Crippen LogP contribution < -0.4 is 10.1 Å². The van der Waals surface area contributed by atoms with Gasteiger partial charge >= 0.3 is 5.97 Å². The number of carboxylic acids is 1. The fourth-order valence-corrected chi connectivity index (χ4v) is 4.51. The second-order valence-electron chi connectivity index (χ2n) is 8.79. The summed E-state index contributed by atoms with van der Waals surface area (Å²) in [4.78, 5) is 43.2. The summed E-state index contributed by atoms with van der Waals surface area (Å²) in [5.74, 6) is 5.00. The van der Waals surface area contributed by atoms with E-state index in [1.807, 2.05) is 6.92 Å². The van der Waals surface area contributed by atoms with E-state index < -0.39 is 17.8 Å². The molecule has 37 heavy (non-hydrogen) atoms. The number of benzene rings is 1. The van der Waals surface area contributed by atoms with E-state index >= 15 is 0 Å². The fourth-order valence-electron chi connectivity index (χ4n) is 3.72. The first-order valence-corrected chi connectivity index (χ1v) is 12.5. The van der Waals surface area contributed by atoms with Crippen molar-refractivity contribution >= 4 is 38.8 Å². The van der Waals surface area contributed by atoms with Crippen molar-refractivity contribution in [3.05, 3.63) is 59.2 Å². The number of amides is 1. The van der Waals surface area contributed by atoms with Gasteiger partial charge in [0, 0.05) is 22.7 Å². The van der Waals surface area contributed by atoms with E-state index in [4.69, 9.17) is 4.74 Å². The van der Waals surface area contributed by atoms with Gasteiger partial charge in [0.15, 0.2) is 15.6 Å². The third-order valence-corrected chi connectivity index (χ3v) is 6.85. The molecule has 9 nitrogen and oxygen atoms in total. The number of pyridine rings is 1. The van der Waals surface area contributed by atoms with Crippen LogP contribution in [-0.2, 0) is 4.79 Å².